The Hall–Kier alpha value is -3.39. The Morgan fingerprint density at radius 1 is 0.967 bits per heavy atom. The summed E-state index contributed by atoms with van der Waals surface area (Å²) in [6, 6.07) is 15.3. The lowest BCUT2D eigenvalue weighted by Crippen LogP contribution is -2.47. The van der Waals surface area contributed by atoms with Gasteiger partial charge in [0, 0.05) is 44.5 Å². The summed E-state index contributed by atoms with van der Waals surface area (Å²) in [6.45, 7) is 4.71. The molecule has 0 aliphatic carbocycles. The predicted molar refractivity (Wildman–Crippen MR) is 120 cm³/mol. The van der Waals surface area contributed by atoms with Gasteiger partial charge >= 0.3 is 0 Å². The number of amides is 1. The highest BCUT2D eigenvalue weighted by atomic mass is 35.5. The molecule has 4 rings (SSSR count). The quantitative estimate of drug-likeness (QED) is 0.648. The molecule has 1 amide bonds. The van der Waals surface area contributed by atoms with Gasteiger partial charge in [0.2, 0.25) is 17.8 Å². The Labute approximate surface area is 179 Å². The second-order valence-electron chi connectivity index (χ2n) is 6.92. The number of rotatable bonds is 5. The van der Waals surface area contributed by atoms with E-state index in [-0.39, 0.29) is 5.91 Å². The molecule has 30 heavy (non-hydrogen) atoms. The summed E-state index contributed by atoms with van der Waals surface area (Å²) in [5, 5.41) is 6.70. The van der Waals surface area contributed by atoms with Crippen molar-refractivity contribution in [1.82, 2.24) is 15.0 Å². The van der Waals surface area contributed by atoms with E-state index in [0.717, 1.165) is 42.6 Å². The van der Waals surface area contributed by atoms with E-state index in [9.17, 15) is 4.79 Å². The number of carbonyl (C=O) groups is 1. The van der Waals surface area contributed by atoms with Crippen molar-refractivity contribution >= 4 is 46.5 Å². The van der Waals surface area contributed by atoms with E-state index in [1.807, 2.05) is 48.5 Å². The van der Waals surface area contributed by atoms with Crippen LogP contribution in [0.3, 0.4) is 0 Å². The predicted octanol–water partition coefficient (Wildman–Crippen LogP) is 3.55. The minimum atomic E-state index is -0.120. The van der Waals surface area contributed by atoms with Gasteiger partial charge in [-0.05, 0) is 30.3 Å². The molecule has 154 valence electrons. The van der Waals surface area contributed by atoms with Crippen LogP contribution in [0.2, 0.25) is 5.02 Å². The van der Waals surface area contributed by atoms with E-state index in [1.54, 1.807) is 0 Å². The Balaban J connectivity index is 1.42. The van der Waals surface area contributed by atoms with Gasteiger partial charge in [0.25, 0.3) is 0 Å². The molecule has 1 aliphatic rings. The molecule has 1 aromatic heterocycles. The minimum absolute atomic E-state index is 0.120. The number of aromatic nitrogens is 3. The third-order valence-corrected chi connectivity index (χ3v) is 5.07. The summed E-state index contributed by atoms with van der Waals surface area (Å²) in [6.07, 6.45) is 1.50. The van der Waals surface area contributed by atoms with Gasteiger partial charge in [0.1, 0.15) is 6.33 Å². The van der Waals surface area contributed by atoms with Gasteiger partial charge in [0.05, 0.1) is 10.7 Å². The zero-order valence-electron chi connectivity index (χ0n) is 16.5. The topological polar surface area (TPSA) is 86.3 Å². The molecule has 0 atom stereocenters. The first-order valence-electron chi connectivity index (χ1n) is 9.66. The highest BCUT2D eigenvalue weighted by molar-refractivity contribution is 6.33. The number of nitrogens with zero attached hydrogens (tertiary/aromatic N) is 5. The molecule has 0 spiro atoms. The lowest BCUT2D eigenvalue weighted by atomic mass is 10.2. The average molecular weight is 424 g/mol. The largest absolute Gasteiger partial charge is 0.367 e. The zero-order chi connectivity index (χ0) is 20.9. The second kappa shape index (κ2) is 8.96. The minimum Gasteiger partial charge on any atom is -0.367 e. The van der Waals surface area contributed by atoms with Gasteiger partial charge in [-0.3, -0.25) is 4.79 Å². The highest BCUT2D eigenvalue weighted by Gasteiger charge is 2.21. The standard InChI is InChI=1S/C21H22ClN7O/c1-15(30)25-16-5-4-6-17(13-16)26-20-23-14-24-21(27-20)29-11-9-28(10-12-29)19-8-3-2-7-18(19)22/h2-8,13-14H,9-12H2,1H3,(H,25,30)(H,23,24,26,27). The number of anilines is 5. The normalized spacial score (nSPS) is 13.8. The van der Waals surface area contributed by atoms with Crippen LogP contribution in [-0.4, -0.2) is 47.0 Å². The molecule has 9 heteroatoms. The van der Waals surface area contributed by atoms with E-state index in [0.29, 0.717) is 17.6 Å². The molecule has 3 aromatic rings. The van der Waals surface area contributed by atoms with Crippen molar-refractivity contribution in [3.05, 3.63) is 59.9 Å². The summed E-state index contributed by atoms with van der Waals surface area (Å²) < 4.78 is 0. The van der Waals surface area contributed by atoms with Crippen molar-refractivity contribution in [2.75, 3.05) is 46.6 Å². The smallest absolute Gasteiger partial charge is 0.231 e. The summed E-state index contributed by atoms with van der Waals surface area (Å²) >= 11 is 6.33. The first-order valence-corrected chi connectivity index (χ1v) is 10.0. The first kappa shape index (κ1) is 19.9. The van der Waals surface area contributed by atoms with Crippen LogP contribution in [0.25, 0.3) is 0 Å². The van der Waals surface area contributed by atoms with Crippen molar-refractivity contribution in [2.24, 2.45) is 0 Å². The molecule has 1 saturated heterocycles. The van der Waals surface area contributed by atoms with Crippen LogP contribution in [0, 0.1) is 0 Å². The van der Waals surface area contributed by atoms with Crippen LogP contribution in [-0.2, 0) is 4.79 Å². The van der Waals surface area contributed by atoms with E-state index < -0.39 is 0 Å². The fraction of sp³-hybridized carbons (Fsp3) is 0.238. The number of benzene rings is 2. The van der Waals surface area contributed by atoms with Crippen molar-refractivity contribution in [3.63, 3.8) is 0 Å². The Bertz CT molecular complexity index is 1040. The number of piperazine rings is 1. The molecule has 1 fully saturated rings. The molecule has 0 saturated carbocycles. The SMILES string of the molecule is CC(=O)Nc1cccc(Nc2ncnc(N3CCN(c4ccccc4Cl)CC3)n2)c1. The molecule has 2 heterocycles. The van der Waals surface area contributed by atoms with Crippen molar-refractivity contribution < 1.29 is 4.79 Å². The highest BCUT2D eigenvalue weighted by Crippen LogP contribution is 2.27. The number of carbonyl (C=O) groups excluding carboxylic acids is 1. The second-order valence-corrected chi connectivity index (χ2v) is 7.33. The zero-order valence-corrected chi connectivity index (χ0v) is 17.3. The van der Waals surface area contributed by atoms with Gasteiger partial charge in [-0.1, -0.05) is 29.8 Å². The number of para-hydroxylation sites is 1. The maximum Gasteiger partial charge on any atom is 0.231 e. The van der Waals surface area contributed by atoms with Gasteiger partial charge in [-0.2, -0.15) is 4.98 Å². The summed E-state index contributed by atoms with van der Waals surface area (Å²) in [4.78, 5) is 28.8. The molecular weight excluding hydrogens is 402 g/mol. The molecule has 0 unspecified atom stereocenters. The van der Waals surface area contributed by atoms with E-state index in [2.05, 4.69) is 35.4 Å². The van der Waals surface area contributed by atoms with Gasteiger partial charge in [-0.25, -0.2) is 9.97 Å². The van der Waals surface area contributed by atoms with Crippen LogP contribution in [0.4, 0.5) is 29.0 Å². The molecule has 0 radical (unpaired) electrons. The molecule has 1 aliphatic heterocycles. The van der Waals surface area contributed by atoms with Gasteiger partial charge in [0.15, 0.2) is 0 Å². The van der Waals surface area contributed by atoms with E-state index in [1.165, 1.54) is 13.3 Å². The van der Waals surface area contributed by atoms with Crippen molar-refractivity contribution in [3.8, 4) is 0 Å². The number of halogens is 1. The van der Waals surface area contributed by atoms with Crippen LogP contribution >= 0.6 is 11.6 Å². The number of hydrogen-bond acceptors (Lipinski definition) is 7. The third-order valence-electron chi connectivity index (χ3n) is 4.75. The Morgan fingerprint density at radius 3 is 2.47 bits per heavy atom. The van der Waals surface area contributed by atoms with Crippen LogP contribution in [0.5, 0.6) is 0 Å². The Kier molecular flexibility index (Phi) is 5.94. The van der Waals surface area contributed by atoms with E-state index in [4.69, 9.17) is 11.6 Å². The Morgan fingerprint density at radius 2 is 1.70 bits per heavy atom. The fourth-order valence-electron chi connectivity index (χ4n) is 3.36. The maximum absolute atomic E-state index is 11.3. The lowest BCUT2D eigenvalue weighted by molar-refractivity contribution is -0.114. The van der Waals surface area contributed by atoms with Gasteiger partial charge in [-0.15, -0.1) is 0 Å². The fourth-order valence-corrected chi connectivity index (χ4v) is 3.62. The van der Waals surface area contributed by atoms with Crippen LogP contribution in [0.1, 0.15) is 6.92 Å². The molecule has 0 bridgehead atoms. The van der Waals surface area contributed by atoms with E-state index >= 15 is 0 Å². The lowest BCUT2D eigenvalue weighted by Gasteiger charge is -2.36. The monoisotopic (exact) mass is 423 g/mol. The average Bonchev–Trinajstić information content (AvgIpc) is 2.74. The molecule has 2 aromatic carbocycles. The van der Waals surface area contributed by atoms with Crippen LogP contribution < -0.4 is 20.4 Å². The maximum atomic E-state index is 11.3. The number of hydrogen-bond donors (Lipinski definition) is 2. The summed E-state index contributed by atoms with van der Waals surface area (Å²) in [7, 11) is 0. The molecular formula is C21H22ClN7O. The first-order chi connectivity index (χ1) is 14.6. The van der Waals surface area contributed by atoms with Gasteiger partial charge < -0.3 is 20.4 Å². The van der Waals surface area contributed by atoms with Crippen LogP contribution in [0.15, 0.2) is 54.9 Å². The summed E-state index contributed by atoms with van der Waals surface area (Å²) in [5.41, 5.74) is 2.54. The van der Waals surface area contributed by atoms with Crippen molar-refractivity contribution in [2.45, 2.75) is 6.92 Å². The molecule has 2 N–H and O–H groups in total. The number of nitrogens with one attached hydrogen (secondary N) is 2. The third kappa shape index (κ3) is 4.77. The molecule has 8 nitrogen and oxygen atoms in total. The van der Waals surface area contributed by atoms with Crippen molar-refractivity contribution in [1.29, 1.82) is 0 Å². The summed E-state index contributed by atoms with van der Waals surface area (Å²) in [5.74, 6) is 0.961.